The first kappa shape index (κ1) is 11.4. The summed E-state index contributed by atoms with van der Waals surface area (Å²) in [5, 5.41) is 28.8. The monoisotopic (exact) mass is 256 g/mol. The normalized spacial score (nSPS) is 11.0. The van der Waals surface area contributed by atoms with Gasteiger partial charge in [-0.15, -0.1) is 0 Å². The Morgan fingerprint density at radius 3 is 2.42 bits per heavy atom. The van der Waals surface area contributed by atoms with Gasteiger partial charge in [0.25, 0.3) is 0 Å². The van der Waals surface area contributed by atoms with Gasteiger partial charge >= 0.3 is 0 Å². The number of aromatic hydroxyl groups is 3. The summed E-state index contributed by atoms with van der Waals surface area (Å²) in [4.78, 5) is 4.42. The second-order valence-electron chi connectivity index (χ2n) is 4.31. The van der Waals surface area contributed by atoms with E-state index in [1.807, 2.05) is 35.9 Å². The quantitative estimate of drug-likeness (QED) is 0.584. The zero-order valence-electron chi connectivity index (χ0n) is 10.2. The van der Waals surface area contributed by atoms with Gasteiger partial charge in [-0.3, -0.25) is 0 Å². The summed E-state index contributed by atoms with van der Waals surface area (Å²) in [5.74, 6) is -0.753. The summed E-state index contributed by atoms with van der Waals surface area (Å²) >= 11 is 0. The van der Waals surface area contributed by atoms with E-state index in [1.165, 1.54) is 12.1 Å². The maximum Gasteiger partial charge on any atom is 0.201 e. The molecular weight excluding hydrogens is 244 g/mol. The van der Waals surface area contributed by atoms with Crippen molar-refractivity contribution in [3.8, 4) is 28.6 Å². The number of nitrogens with zero attached hydrogens (tertiary/aromatic N) is 2. The third-order valence-electron chi connectivity index (χ3n) is 3.16. The number of phenols is 3. The molecule has 0 saturated heterocycles. The number of fused-ring (bicyclic) bond motifs is 1. The lowest BCUT2D eigenvalue weighted by Gasteiger charge is -2.07. The average molecular weight is 256 g/mol. The Kier molecular flexibility index (Phi) is 2.35. The van der Waals surface area contributed by atoms with Crippen LogP contribution >= 0.6 is 0 Å². The van der Waals surface area contributed by atoms with Crippen molar-refractivity contribution in [3.05, 3.63) is 36.4 Å². The topological polar surface area (TPSA) is 78.5 Å². The van der Waals surface area contributed by atoms with Crippen LogP contribution in [0.1, 0.15) is 0 Å². The summed E-state index contributed by atoms with van der Waals surface area (Å²) in [6.07, 6.45) is 0. The second kappa shape index (κ2) is 3.91. The Labute approximate surface area is 109 Å². The third kappa shape index (κ3) is 1.59. The van der Waals surface area contributed by atoms with Crippen LogP contribution in [0.15, 0.2) is 36.4 Å². The molecule has 0 aliphatic rings. The second-order valence-corrected chi connectivity index (χ2v) is 4.31. The fourth-order valence-corrected chi connectivity index (χ4v) is 2.14. The van der Waals surface area contributed by atoms with Crippen LogP contribution in [-0.2, 0) is 7.05 Å². The van der Waals surface area contributed by atoms with Gasteiger partial charge in [0.05, 0.1) is 16.6 Å². The number of rotatable bonds is 1. The number of benzene rings is 2. The minimum Gasteiger partial charge on any atom is -0.504 e. The summed E-state index contributed by atoms with van der Waals surface area (Å²) < 4.78 is 1.82. The molecule has 3 aromatic rings. The average Bonchev–Trinajstić information content (AvgIpc) is 2.74. The fraction of sp³-hybridized carbons (Fsp3) is 0.0714. The minimum absolute atomic E-state index is 0.361. The van der Waals surface area contributed by atoms with Crippen molar-refractivity contribution in [1.29, 1.82) is 0 Å². The van der Waals surface area contributed by atoms with Gasteiger partial charge in [-0.1, -0.05) is 12.1 Å². The molecule has 0 unspecified atom stereocenters. The van der Waals surface area contributed by atoms with E-state index in [9.17, 15) is 15.3 Å². The number of phenolic OH excluding ortho intramolecular Hbond substituents is 3. The molecule has 5 heteroatoms. The van der Waals surface area contributed by atoms with E-state index in [2.05, 4.69) is 4.98 Å². The molecule has 0 saturated carbocycles. The van der Waals surface area contributed by atoms with E-state index in [1.54, 1.807) is 0 Å². The first-order valence-electron chi connectivity index (χ1n) is 5.75. The molecule has 3 N–H and O–H groups in total. The number of imidazole rings is 1. The van der Waals surface area contributed by atoms with Crippen LogP contribution < -0.4 is 0 Å². The Morgan fingerprint density at radius 2 is 1.68 bits per heavy atom. The van der Waals surface area contributed by atoms with Crippen LogP contribution in [0.3, 0.4) is 0 Å². The van der Waals surface area contributed by atoms with Gasteiger partial charge in [0.1, 0.15) is 5.82 Å². The molecule has 0 fully saturated rings. The Morgan fingerprint density at radius 1 is 0.947 bits per heavy atom. The predicted octanol–water partition coefficient (Wildman–Crippen LogP) is 2.36. The number of aryl methyl sites for hydroxylation is 1. The Hall–Kier alpha value is -2.69. The molecule has 0 radical (unpaired) electrons. The lowest BCUT2D eigenvalue weighted by molar-refractivity contribution is 0.368. The predicted molar refractivity (Wildman–Crippen MR) is 71.1 cm³/mol. The molecule has 5 nitrogen and oxygen atoms in total. The molecule has 0 aliphatic carbocycles. The largest absolute Gasteiger partial charge is 0.504 e. The molecule has 0 atom stereocenters. The summed E-state index contributed by atoms with van der Waals surface area (Å²) in [7, 11) is 1.83. The Balaban J connectivity index is 2.31. The van der Waals surface area contributed by atoms with E-state index in [-0.39, 0.29) is 11.5 Å². The van der Waals surface area contributed by atoms with Gasteiger partial charge in [0.2, 0.25) is 5.75 Å². The van der Waals surface area contributed by atoms with Gasteiger partial charge in [0, 0.05) is 7.05 Å². The highest BCUT2D eigenvalue weighted by atomic mass is 16.3. The SMILES string of the molecule is Cn1c(-c2ccc(O)c(O)c2O)nc2ccccc21. The van der Waals surface area contributed by atoms with E-state index in [0.717, 1.165) is 11.0 Å². The standard InChI is InChI=1S/C14H12N2O3/c1-16-10-5-3-2-4-9(10)15-14(16)8-6-7-11(17)13(19)12(8)18/h2-7,17-19H,1H3. The zero-order valence-corrected chi connectivity index (χ0v) is 10.2. The van der Waals surface area contributed by atoms with Gasteiger partial charge in [-0.25, -0.2) is 4.98 Å². The lowest BCUT2D eigenvalue weighted by atomic mass is 10.1. The van der Waals surface area contributed by atoms with Crippen LogP contribution in [0.2, 0.25) is 0 Å². The number of hydrogen-bond acceptors (Lipinski definition) is 4. The molecule has 0 bridgehead atoms. The van der Waals surface area contributed by atoms with Crippen LogP contribution in [0, 0.1) is 0 Å². The van der Waals surface area contributed by atoms with Crippen molar-refractivity contribution < 1.29 is 15.3 Å². The molecule has 19 heavy (non-hydrogen) atoms. The molecule has 0 spiro atoms. The number of aromatic nitrogens is 2. The van der Waals surface area contributed by atoms with Gasteiger partial charge in [-0.2, -0.15) is 0 Å². The number of para-hydroxylation sites is 2. The van der Waals surface area contributed by atoms with Crippen LogP contribution in [0.25, 0.3) is 22.4 Å². The van der Waals surface area contributed by atoms with Crippen LogP contribution in [-0.4, -0.2) is 24.9 Å². The first-order chi connectivity index (χ1) is 9.09. The van der Waals surface area contributed by atoms with E-state index < -0.39 is 5.75 Å². The molecule has 3 rings (SSSR count). The van der Waals surface area contributed by atoms with Crippen molar-refractivity contribution in [3.63, 3.8) is 0 Å². The first-order valence-corrected chi connectivity index (χ1v) is 5.75. The highest BCUT2D eigenvalue weighted by Gasteiger charge is 2.17. The maximum absolute atomic E-state index is 9.92. The van der Waals surface area contributed by atoms with Gasteiger partial charge in [-0.05, 0) is 24.3 Å². The fourth-order valence-electron chi connectivity index (χ4n) is 2.14. The van der Waals surface area contributed by atoms with Crippen molar-refractivity contribution in [2.45, 2.75) is 0 Å². The lowest BCUT2D eigenvalue weighted by Crippen LogP contribution is -1.92. The third-order valence-corrected chi connectivity index (χ3v) is 3.16. The highest BCUT2D eigenvalue weighted by Crippen LogP contribution is 2.42. The number of hydrogen-bond donors (Lipinski definition) is 3. The Bertz CT molecular complexity index is 778. The molecule has 2 aromatic carbocycles. The van der Waals surface area contributed by atoms with E-state index in [4.69, 9.17) is 0 Å². The van der Waals surface area contributed by atoms with Crippen molar-refractivity contribution in [2.24, 2.45) is 7.05 Å². The maximum atomic E-state index is 9.92. The summed E-state index contributed by atoms with van der Waals surface area (Å²) in [5.41, 5.74) is 2.09. The molecule has 96 valence electrons. The van der Waals surface area contributed by atoms with Crippen LogP contribution in [0.5, 0.6) is 17.2 Å². The molecular formula is C14H12N2O3. The van der Waals surface area contributed by atoms with Crippen LogP contribution in [0.4, 0.5) is 0 Å². The zero-order chi connectivity index (χ0) is 13.6. The summed E-state index contributed by atoms with van der Waals surface area (Å²) in [6, 6.07) is 10.4. The van der Waals surface area contributed by atoms with Crippen molar-refractivity contribution in [2.75, 3.05) is 0 Å². The van der Waals surface area contributed by atoms with Crippen molar-refractivity contribution in [1.82, 2.24) is 9.55 Å². The highest BCUT2D eigenvalue weighted by molar-refractivity contribution is 5.82. The van der Waals surface area contributed by atoms with E-state index in [0.29, 0.717) is 11.4 Å². The molecule has 0 aliphatic heterocycles. The minimum atomic E-state index is -0.537. The van der Waals surface area contributed by atoms with Crippen molar-refractivity contribution >= 4 is 11.0 Å². The summed E-state index contributed by atoms with van der Waals surface area (Å²) in [6.45, 7) is 0. The molecule has 0 amide bonds. The smallest absolute Gasteiger partial charge is 0.201 e. The van der Waals surface area contributed by atoms with E-state index >= 15 is 0 Å². The van der Waals surface area contributed by atoms with Gasteiger partial charge in [0.15, 0.2) is 11.5 Å². The van der Waals surface area contributed by atoms with Gasteiger partial charge < -0.3 is 19.9 Å². The molecule has 1 heterocycles. The molecule has 1 aromatic heterocycles.